The van der Waals surface area contributed by atoms with Crippen LogP contribution in [0.25, 0.3) is 0 Å². The summed E-state index contributed by atoms with van der Waals surface area (Å²) in [5.41, 5.74) is 0. The highest BCUT2D eigenvalue weighted by molar-refractivity contribution is 7.90. The molecule has 0 saturated heterocycles. The molecule has 1 aromatic carbocycles. The van der Waals surface area contributed by atoms with E-state index in [9.17, 15) is 16.8 Å². The van der Waals surface area contributed by atoms with Gasteiger partial charge in [-0.3, -0.25) is 0 Å². The highest BCUT2D eigenvalue weighted by Gasteiger charge is 2.06. The summed E-state index contributed by atoms with van der Waals surface area (Å²) in [4.78, 5) is 0.217. The molecule has 0 bridgehead atoms. The van der Waals surface area contributed by atoms with Crippen molar-refractivity contribution in [3.8, 4) is 5.75 Å². The number of nitrogens with two attached hydrogens (primary N) is 1. The summed E-state index contributed by atoms with van der Waals surface area (Å²) in [6.07, 6.45) is 1.13. The second-order valence-corrected chi connectivity index (χ2v) is 7.82. The Morgan fingerprint density at radius 2 is 1.60 bits per heavy atom. The van der Waals surface area contributed by atoms with Crippen molar-refractivity contribution in [2.24, 2.45) is 5.14 Å². The van der Waals surface area contributed by atoms with E-state index in [0.717, 1.165) is 6.26 Å². The first-order chi connectivity index (χ1) is 9.18. The lowest BCUT2D eigenvalue weighted by Crippen LogP contribution is -2.21. The SMILES string of the molecule is CS(=O)(=O)c1ccc(OCCOCCS(N)(=O)=O)cc1. The van der Waals surface area contributed by atoms with Crippen molar-refractivity contribution in [2.75, 3.05) is 31.8 Å². The largest absolute Gasteiger partial charge is 0.491 e. The van der Waals surface area contributed by atoms with Crippen molar-refractivity contribution in [3.05, 3.63) is 24.3 Å². The van der Waals surface area contributed by atoms with E-state index >= 15 is 0 Å². The van der Waals surface area contributed by atoms with Gasteiger partial charge in [-0.2, -0.15) is 0 Å². The molecule has 0 radical (unpaired) electrons. The standard InChI is InChI=1S/C11H17NO6S2/c1-19(13,14)11-4-2-10(3-5-11)18-7-6-17-8-9-20(12,15)16/h2-5H,6-9H2,1H3,(H2,12,15,16). The monoisotopic (exact) mass is 323 g/mol. The molecule has 7 nitrogen and oxygen atoms in total. The average molecular weight is 323 g/mol. The third-order valence-corrected chi connectivity index (χ3v) is 4.12. The van der Waals surface area contributed by atoms with Crippen molar-refractivity contribution in [1.82, 2.24) is 0 Å². The quantitative estimate of drug-likeness (QED) is 0.661. The molecule has 0 aliphatic heterocycles. The minimum Gasteiger partial charge on any atom is -0.491 e. The van der Waals surface area contributed by atoms with Crippen LogP contribution in [0.4, 0.5) is 0 Å². The van der Waals surface area contributed by atoms with Gasteiger partial charge in [-0.1, -0.05) is 0 Å². The summed E-state index contributed by atoms with van der Waals surface area (Å²) >= 11 is 0. The van der Waals surface area contributed by atoms with Gasteiger partial charge < -0.3 is 9.47 Å². The van der Waals surface area contributed by atoms with Crippen LogP contribution in [0.5, 0.6) is 5.75 Å². The summed E-state index contributed by atoms with van der Waals surface area (Å²) in [7, 11) is -6.72. The van der Waals surface area contributed by atoms with E-state index < -0.39 is 19.9 Å². The Bertz CT molecular complexity index is 621. The van der Waals surface area contributed by atoms with E-state index in [4.69, 9.17) is 14.6 Å². The fourth-order valence-corrected chi connectivity index (χ4v) is 2.26. The van der Waals surface area contributed by atoms with Crippen molar-refractivity contribution in [2.45, 2.75) is 4.90 Å². The Hall–Kier alpha value is -1.16. The fraction of sp³-hybridized carbons (Fsp3) is 0.455. The van der Waals surface area contributed by atoms with E-state index in [1.54, 1.807) is 12.1 Å². The molecule has 0 aliphatic carbocycles. The lowest BCUT2D eigenvalue weighted by atomic mass is 10.3. The lowest BCUT2D eigenvalue weighted by molar-refractivity contribution is 0.111. The molecular formula is C11H17NO6S2. The molecule has 2 N–H and O–H groups in total. The smallest absolute Gasteiger partial charge is 0.211 e. The second-order valence-electron chi connectivity index (χ2n) is 4.07. The molecule has 114 valence electrons. The Morgan fingerprint density at radius 1 is 1.00 bits per heavy atom. The van der Waals surface area contributed by atoms with Crippen LogP contribution >= 0.6 is 0 Å². The predicted molar refractivity (Wildman–Crippen MR) is 73.8 cm³/mol. The first kappa shape index (κ1) is 16.9. The third kappa shape index (κ3) is 6.85. The molecular weight excluding hydrogens is 306 g/mol. The zero-order valence-corrected chi connectivity index (χ0v) is 12.6. The molecule has 0 unspecified atom stereocenters. The van der Waals surface area contributed by atoms with Gasteiger partial charge in [0.2, 0.25) is 10.0 Å². The average Bonchev–Trinajstić information content (AvgIpc) is 2.32. The Labute approximate surface area is 118 Å². The molecule has 1 aromatic rings. The van der Waals surface area contributed by atoms with Gasteiger partial charge in [0, 0.05) is 6.26 Å². The number of benzene rings is 1. The van der Waals surface area contributed by atoms with Crippen molar-refractivity contribution in [3.63, 3.8) is 0 Å². The van der Waals surface area contributed by atoms with E-state index in [-0.39, 0.29) is 30.5 Å². The molecule has 20 heavy (non-hydrogen) atoms. The van der Waals surface area contributed by atoms with E-state index in [0.29, 0.717) is 5.75 Å². The second kappa shape index (κ2) is 7.02. The van der Waals surface area contributed by atoms with Crippen LogP contribution < -0.4 is 9.88 Å². The Kier molecular flexibility index (Phi) is 5.93. The van der Waals surface area contributed by atoms with Crippen LogP contribution in [0.3, 0.4) is 0 Å². The molecule has 9 heteroatoms. The maximum atomic E-state index is 11.2. The molecule has 1 rings (SSSR count). The highest BCUT2D eigenvalue weighted by Crippen LogP contribution is 2.15. The molecule has 0 heterocycles. The normalized spacial score (nSPS) is 12.3. The minimum absolute atomic E-state index is 0.00914. The van der Waals surface area contributed by atoms with Gasteiger partial charge >= 0.3 is 0 Å². The molecule has 0 fully saturated rings. The summed E-state index contributed by atoms with van der Waals surface area (Å²) in [5, 5.41) is 4.80. The van der Waals surface area contributed by atoms with Crippen LogP contribution in [0.1, 0.15) is 0 Å². The van der Waals surface area contributed by atoms with E-state index in [2.05, 4.69) is 0 Å². The zero-order valence-electron chi connectivity index (χ0n) is 11.0. The minimum atomic E-state index is -3.50. The van der Waals surface area contributed by atoms with Crippen LogP contribution in [0.15, 0.2) is 29.2 Å². The number of sulfonamides is 1. The van der Waals surface area contributed by atoms with Gasteiger partial charge in [0.1, 0.15) is 12.4 Å². The van der Waals surface area contributed by atoms with Crippen LogP contribution in [-0.2, 0) is 24.6 Å². The number of sulfone groups is 1. The van der Waals surface area contributed by atoms with Gasteiger partial charge in [0.25, 0.3) is 0 Å². The van der Waals surface area contributed by atoms with E-state index in [1.807, 2.05) is 0 Å². The number of hydrogen-bond donors (Lipinski definition) is 1. The molecule has 0 aromatic heterocycles. The van der Waals surface area contributed by atoms with Gasteiger partial charge in [-0.15, -0.1) is 0 Å². The summed E-state index contributed by atoms with van der Waals surface area (Å²) in [6, 6.07) is 5.99. The lowest BCUT2D eigenvalue weighted by Gasteiger charge is -2.07. The maximum Gasteiger partial charge on any atom is 0.211 e. The fourth-order valence-electron chi connectivity index (χ4n) is 1.28. The predicted octanol–water partition coefficient (Wildman–Crippen LogP) is -0.226. The molecule has 0 atom stereocenters. The number of primary sulfonamides is 1. The van der Waals surface area contributed by atoms with Crippen molar-refractivity contribution < 1.29 is 26.3 Å². The first-order valence-corrected chi connectivity index (χ1v) is 9.30. The molecule has 0 saturated carbocycles. The highest BCUT2D eigenvalue weighted by atomic mass is 32.2. The summed E-state index contributed by atoms with van der Waals surface area (Å²) in [5.74, 6) is 0.267. The third-order valence-electron chi connectivity index (χ3n) is 2.26. The van der Waals surface area contributed by atoms with Crippen LogP contribution in [0.2, 0.25) is 0 Å². The van der Waals surface area contributed by atoms with Gasteiger partial charge in [-0.25, -0.2) is 22.0 Å². The topological polar surface area (TPSA) is 113 Å². The Morgan fingerprint density at radius 3 is 2.10 bits per heavy atom. The van der Waals surface area contributed by atoms with Crippen molar-refractivity contribution in [1.29, 1.82) is 0 Å². The van der Waals surface area contributed by atoms with Gasteiger partial charge in [0.15, 0.2) is 9.84 Å². The van der Waals surface area contributed by atoms with Crippen molar-refractivity contribution >= 4 is 19.9 Å². The zero-order chi connectivity index (χ0) is 15.2. The number of ether oxygens (including phenoxy) is 2. The number of rotatable bonds is 8. The van der Waals surface area contributed by atoms with Crippen LogP contribution in [0, 0.1) is 0 Å². The summed E-state index contributed by atoms with van der Waals surface area (Å²) < 4.78 is 54.0. The molecule has 0 amide bonds. The van der Waals surface area contributed by atoms with Gasteiger partial charge in [-0.05, 0) is 24.3 Å². The molecule has 0 aliphatic rings. The first-order valence-electron chi connectivity index (χ1n) is 5.69. The number of hydrogen-bond acceptors (Lipinski definition) is 6. The van der Waals surface area contributed by atoms with Crippen LogP contribution in [-0.4, -0.2) is 48.7 Å². The Balaban J connectivity index is 2.29. The summed E-state index contributed by atoms with van der Waals surface area (Å²) in [6.45, 7) is 0.446. The molecule has 0 spiro atoms. The maximum absolute atomic E-state index is 11.2. The van der Waals surface area contributed by atoms with E-state index in [1.165, 1.54) is 12.1 Å². The van der Waals surface area contributed by atoms with Gasteiger partial charge in [0.05, 0.1) is 23.9 Å².